The van der Waals surface area contributed by atoms with Gasteiger partial charge >= 0.3 is 0 Å². The third-order valence-corrected chi connectivity index (χ3v) is 4.23. The highest BCUT2D eigenvalue weighted by atomic mass is 16.7. The first-order valence-electron chi connectivity index (χ1n) is 8.00. The Morgan fingerprint density at radius 3 is 2.81 bits per heavy atom. The van der Waals surface area contributed by atoms with Crippen LogP contribution >= 0.6 is 0 Å². The number of aryl methyl sites for hydroxylation is 1. The number of benzene rings is 2. The standard InChI is InChI=1S/C18H14N4O5/c1-21-9-13(12-4-2-3-5-14(12)21)18(23)20-19-8-11-6-16-17(27-10-26-16)7-15(11)22(24)25/h2-9H,10H2,1H3,(H,20,23)/b19-8+. The molecule has 0 atom stereocenters. The van der Waals surface area contributed by atoms with E-state index in [1.807, 2.05) is 35.9 Å². The molecule has 0 saturated carbocycles. The van der Waals surface area contributed by atoms with Crippen molar-refractivity contribution in [3.8, 4) is 11.5 Å². The molecular formula is C18H14N4O5. The third kappa shape index (κ3) is 2.95. The number of amides is 1. The molecule has 1 N–H and O–H groups in total. The van der Waals surface area contributed by atoms with Gasteiger partial charge < -0.3 is 14.0 Å². The summed E-state index contributed by atoms with van der Waals surface area (Å²) in [5.74, 6) is 0.285. The van der Waals surface area contributed by atoms with Crippen molar-refractivity contribution in [1.29, 1.82) is 0 Å². The van der Waals surface area contributed by atoms with Gasteiger partial charge in [0.2, 0.25) is 6.79 Å². The average Bonchev–Trinajstić information content (AvgIpc) is 3.25. The topological polar surface area (TPSA) is 108 Å². The number of ether oxygens (including phenoxy) is 2. The number of para-hydroxylation sites is 1. The Morgan fingerprint density at radius 2 is 2.04 bits per heavy atom. The fraction of sp³-hybridized carbons (Fsp3) is 0.111. The maximum atomic E-state index is 12.5. The zero-order valence-corrected chi connectivity index (χ0v) is 14.2. The number of nitro benzene ring substituents is 1. The van der Waals surface area contributed by atoms with E-state index in [0.29, 0.717) is 17.1 Å². The van der Waals surface area contributed by atoms with Crippen LogP contribution in [0.25, 0.3) is 10.9 Å². The van der Waals surface area contributed by atoms with E-state index < -0.39 is 10.8 Å². The number of carbonyl (C=O) groups is 1. The molecule has 27 heavy (non-hydrogen) atoms. The van der Waals surface area contributed by atoms with Crippen LogP contribution in [0, 0.1) is 10.1 Å². The molecule has 0 fully saturated rings. The van der Waals surface area contributed by atoms with E-state index in [1.54, 1.807) is 6.20 Å². The van der Waals surface area contributed by atoms with Crippen LogP contribution < -0.4 is 14.9 Å². The minimum Gasteiger partial charge on any atom is -0.454 e. The van der Waals surface area contributed by atoms with Crippen molar-refractivity contribution in [2.24, 2.45) is 12.1 Å². The highest BCUT2D eigenvalue weighted by Gasteiger charge is 2.22. The molecule has 0 saturated heterocycles. The number of nitrogens with one attached hydrogen (secondary N) is 1. The largest absolute Gasteiger partial charge is 0.454 e. The Balaban J connectivity index is 1.59. The molecule has 0 spiro atoms. The number of hydrogen-bond acceptors (Lipinski definition) is 6. The predicted octanol–water partition coefficient (Wildman–Crippen LogP) is 2.58. The van der Waals surface area contributed by atoms with Crippen molar-refractivity contribution in [1.82, 2.24) is 9.99 Å². The number of aromatic nitrogens is 1. The van der Waals surface area contributed by atoms with Gasteiger partial charge in [-0.05, 0) is 12.1 Å². The molecule has 0 radical (unpaired) electrons. The van der Waals surface area contributed by atoms with E-state index in [1.165, 1.54) is 18.3 Å². The fourth-order valence-electron chi connectivity index (χ4n) is 2.95. The second-order valence-electron chi connectivity index (χ2n) is 5.89. The number of nitro groups is 1. The lowest BCUT2D eigenvalue weighted by molar-refractivity contribution is -0.385. The summed E-state index contributed by atoms with van der Waals surface area (Å²) in [5, 5.41) is 15.9. The van der Waals surface area contributed by atoms with Crippen LogP contribution in [-0.4, -0.2) is 28.4 Å². The van der Waals surface area contributed by atoms with Crippen molar-refractivity contribution in [3.63, 3.8) is 0 Å². The SMILES string of the molecule is Cn1cc(C(=O)N/N=C/c2cc3c(cc2[N+](=O)[O-])OCO3)c2ccccc21. The number of fused-ring (bicyclic) bond motifs is 2. The van der Waals surface area contributed by atoms with Crippen LogP contribution in [0.1, 0.15) is 15.9 Å². The number of carbonyl (C=O) groups excluding carboxylic acids is 1. The summed E-state index contributed by atoms with van der Waals surface area (Å²) < 4.78 is 12.2. The second-order valence-corrected chi connectivity index (χ2v) is 5.89. The molecule has 1 aromatic heterocycles. The molecule has 1 amide bonds. The van der Waals surface area contributed by atoms with Gasteiger partial charge in [-0.1, -0.05) is 18.2 Å². The number of rotatable bonds is 4. The van der Waals surface area contributed by atoms with Gasteiger partial charge in [-0.3, -0.25) is 14.9 Å². The molecule has 0 aliphatic carbocycles. The number of hydrogen-bond donors (Lipinski definition) is 1. The van der Waals surface area contributed by atoms with Crippen molar-refractivity contribution < 1.29 is 19.2 Å². The summed E-state index contributed by atoms with van der Waals surface area (Å²) in [7, 11) is 1.85. The first kappa shape index (κ1) is 16.6. The van der Waals surface area contributed by atoms with Gasteiger partial charge in [-0.2, -0.15) is 5.10 Å². The van der Waals surface area contributed by atoms with E-state index in [0.717, 1.165) is 10.9 Å². The molecule has 0 bridgehead atoms. The summed E-state index contributed by atoms with van der Waals surface area (Å²) in [6.07, 6.45) is 2.92. The first-order valence-corrected chi connectivity index (χ1v) is 8.00. The molecule has 2 heterocycles. The molecule has 1 aliphatic heterocycles. The minimum atomic E-state index is -0.546. The summed E-state index contributed by atoms with van der Waals surface area (Å²) in [6.45, 7) is 0.00486. The first-order chi connectivity index (χ1) is 13.0. The smallest absolute Gasteiger partial charge is 0.282 e. The Hall–Kier alpha value is -3.88. The van der Waals surface area contributed by atoms with Crippen LogP contribution in [0.15, 0.2) is 47.7 Å². The highest BCUT2D eigenvalue weighted by molar-refractivity contribution is 6.07. The third-order valence-electron chi connectivity index (χ3n) is 4.23. The van der Waals surface area contributed by atoms with Gasteiger partial charge in [0.05, 0.1) is 28.3 Å². The molecule has 9 nitrogen and oxygen atoms in total. The van der Waals surface area contributed by atoms with E-state index >= 15 is 0 Å². The summed E-state index contributed by atoms with van der Waals surface area (Å²) in [5.41, 5.74) is 3.79. The van der Waals surface area contributed by atoms with Gasteiger partial charge in [0.25, 0.3) is 11.6 Å². The molecule has 136 valence electrons. The van der Waals surface area contributed by atoms with Gasteiger partial charge in [-0.15, -0.1) is 0 Å². The van der Waals surface area contributed by atoms with Crippen LogP contribution in [0.3, 0.4) is 0 Å². The zero-order chi connectivity index (χ0) is 19.0. The lowest BCUT2D eigenvalue weighted by Crippen LogP contribution is -2.17. The lowest BCUT2D eigenvalue weighted by atomic mass is 10.1. The van der Waals surface area contributed by atoms with Gasteiger partial charge in [-0.25, -0.2) is 5.43 Å². The van der Waals surface area contributed by atoms with Crippen LogP contribution in [0.5, 0.6) is 11.5 Å². The number of nitrogens with zero attached hydrogens (tertiary/aromatic N) is 3. The quantitative estimate of drug-likeness (QED) is 0.434. The van der Waals surface area contributed by atoms with E-state index in [9.17, 15) is 14.9 Å². The fourth-order valence-corrected chi connectivity index (χ4v) is 2.95. The van der Waals surface area contributed by atoms with Gasteiger partial charge in [0, 0.05) is 24.1 Å². The van der Waals surface area contributed by atoms with E-state index in [-0.39, 0.29) is 18.0 Å². The van der Waals surface area contributed by atoms with Crippen LogP contribution in [0.2, 0.25) is 0 Å². The van der Waals surface area contributed by atoms with Crippen LogP contribution in [0.4, 0.5) is 5.69 Å². The Bertz CT molecular complexity index is 1100. The minimum absolute atomic E-state index is 0.00486. The molecule has 0 unspecified atom stereocenters. The maximum absolute atomic E-state index is 12.5. The molecule has 4 rings (SSSR count). The average molecular weight is 366 g/mol. The highest BCUT2D eigenvalue weighted by Crippen LogP contribution is 2.37. The molecule has 3 aromatic rings. The van der Waals surface area contributed by atoms with Gasteiger partial charge in [0.15, 0.2) is 11.5 Å². The zero-order valence-electron chi connectivity index (χ0n) is 14.2. The van der Waals surface area contributed by atoms with Gasteiger partial charge in [0.1, 0.15) is 0 Å². The summed E-state index contributed by atoms with van der Waals surface area (Å²) >= 11 is 0. The lowest BCUT2D eigenvalue weighted by Gasteiger charge is -2.01. The van der Waals surface area contributed by atoms with Crippen LogP contribution in [-0.2, 0) is 7.05 Å². The molecule has 1 aliphatic rings. The Morgan fingerprint density at radius 1 is 1.30 bits per heavy atom. The summed E-state index contributed by atoms with van der Waals surface area (Å²) in [6, 6.07) is 10.2. The molecular weight excluding hydrogens is 352 g/mol. The second kappa shape index (κ2) is 6.45. The predicted molar refractivity (Wildman–Crippen MR) is 97.2 cm³/mol. The van der Waals surface area contributed by atoms with E-state index in [4.69, 9.17) is 9.47 Å². The van der Waals surface area contributed by atoms with Crippen molar-refractivity contribution in [2.75, 3.05) is 6.79 Å². The van der Waals surface area contributed by atoms with E-state index in [2.05, 4.69) is 10.5 Å². The normalized spacial score (nSPS) is 12.6. The Labute approximate surface area is 153 Å². The van der Waals surface area contributed by atoms with Crippen molar-refractivity contribution in [3.05, 3.63) is 63.8 Å². The molecule has 2 aromatic carbocycles. The van der Waals surface area contributed by atoms with Crippen molar-refractivity contribution in [2.45, 2.75) is 0 Å². The monoisotopic (exact) mass is 366 g/mol. The molecule has 9 heteroatoms. The number of hydrazone groups is 1. The summed E-state index contributed by atoms with van der Waals surface area (Å²) in [4.78, 5) is 23.2. The Kier molecular flexibility index (Phi) is 3.96. The van der Waals surface area contributed by atoms with Crippen molar-refractivity contribution >= 4 is 28.7 Å². The maximum Gasteiger partial charge on any atom is 0.282 e.